The van der Waals surface area contributed by atoms with Crippen molar-refractivity contribution in [3.05, 3.63) is 35.1 Å². The van der Waals surface area contributed by atoms with Crippen molar-refractivity contribution in [2.24, 2.45) is 0 Å². The van der Waals surface area contributed by atoms with Gasteiger partial charge < -0.3 is 10.1 Å². The Morgan fingerprint density at radius 1 is 1.25 bits per heavy atom. The van der Waals surface area contributed by atoms with Gasteiger partial charge in [-0.2, -0.15) is 0 Å². The predicted octanol–water partition coefficient (Wildman–Crippen LogP) is 1.29. The van der Waals surface area contributed by atoms with Crippen LogP contribution in [0.4, 0.5) is 13.2 Å². The lowest BCUT2D eigenvalue weighted by Crippen LogP contribution is -2.39. The van der Waals surface area contributed by atoms with Crippen LogP contribution in [-0.2, 0) is 9.53 Å². The van der Waals surface area contributed by atoms with E-state index in [1.165, 1.54) is 0 Å². The summed E-state index contributed by atoms with van der Waals surface area (Å²) in [6, 6.07) is 1.93. The Labute approximate surface area is 89.2 Å². The fourth-order valence-corrected chi connectivity index (χ4v) is 1.48. The highest BCUT2D eigenvalue weighted by molar-refractivity contribution is 5.77. The molecule has 1 heterocycles. The molecule has 1 aromatic rings. The average Bonchev–Trinajstić information content (AvgIpc) is 2.28. The van der Waals surface area contributed by atoms with Crippen molar-refractivity contribution in [1.82, 2.24) is 5.32 Å². The molecular formula is C10H8F3NO2. The highest BCUT2D eigenvalue weighted by Crippen LogP contribution is 2.24. The van der Waals surface area contributed by atoms with Gasteiger partial charge in [-0.3, -0.25) is 4.79 Å². The minimum atomic E-state index is -1.53. The Hall–Kier alpha value is -1.56. The Balaban J connectivity index is 2.27. The fourth-order valence-electron chi connectivity index (χ4n) is 1.48. The summed E-state index contributed by atoms with van der Waals surface area (Å²) in [6.07, 6.45) is -0.784. The monoisotopic (exact) mass is 231 g/mol. The molecule has 0 aromatic heterocycles. The number of carbonyl (C=O) groups is 1. The summed E-state index contributed by atoms with van der Waals surface area (Å²) >= 11 is 0. The van der Waals surface area contributed by atoms with Crippen molar-refractivity contribution in [2.75, 3.05) is 13.2 Å². The number of rotatable bonds is 1. The molecule has 16 heavy (non-hydrogen) atoms. The summed E-state index contributed by atoms with van der Waals surface area (Å²) in [6.45, 7) is -0.177. The lowest BCUT2D eigenvalue weighted by atomic mass is 10.1. The topological polar surface area (TPSA) is 38.3 Å². The summed E-state index contributed by atoms with van der Waals surface area (Å²) in [5, 5.41) is 2.45. The highest BCUT2D eigenvalue weighted by Gasteiger charge is 2.25. The van der Waals surface area contributed by atoms with Gasteiger partial charge in [0.25, 0.3) is 0 Å². The Morgan fingerprint density at radius 3 is 2.62 bits per heavy atom. The Kier molecular flexibility index (Phi) is 2.82. The van der Waals surface area contributed by atoms with Gasteiger partial charge in [-0.05, 0) is 6.07 Å². The molecule has 0 radical (unpaired) electrons. The summed E-state index contributed by atoms with van der Waals surface area (Å²) in [5.74, 6) is -4.38. The van der Waals surface area contributed by atoms with Crippen LogP contribution in [0.25, 0.3) is 0 Å². The minimum Gasteiger partial charge on any atom is -0.362 e. The molecule has 1 saturated heterocycles. The number of carbonyl (C=O) groups excluding carboxylic acids is 1. The number of hydrogen-bond donors (Lipinski definition) is 1. The van der Waals surface area contributed by atoms with E-state index < -0.39 is 23.6 Å². The molecule has 1 atom stereocenters. The molecule has 1 aliphatic heterocycles. The Bertz CT molecular complexity index is 426. The molecule has 0 bridgehead atoms. The first-order chi connectivity index (χ1) is 7.59. The molecule has 86 valence electrons. The molecule has 3 nitrogen and oxygen atoms in total. The van der Waals surface area contributed by atoms with Crippen LogP contribution in [0.2, 0.25) is 0 Å². The third-order valence-corrected chi connectivity index (χ3v) is 2.31. The van der Waals surface area contributed by atoms with Gasteiger partial charge in [-0.1, -0.05) is 6.07 Å². The maximum atomic E-state index is 13.3. The zero-order valence-corrected chi connectivity index (χ0v) is 8.10. The summed E-state index contributed by atoms with van der Waals surface area (Å²) in [7, 11) is 0. The molecule has 1 fully saturated rings. The van der Waals surface area contributed by atoms with E-state index in [9.17, 15) is 18.0 Å². The molecular weight excluding hydrogens is 223 g/mol. The maximum absolute atomic E-state index is 13.3. The molecule has 1 aromatic carbocycles. The third kappa shape index (κ3) is 1.88. The van der Waals surface area contributed by atoms with Crippen molar-refractivity contribution in [3.8, 4) is 0 Å². The number of halogens is 3. The van der Waals surface area contributed by atoms with E-state index in [4.69, 9.17) is 4.74 Å². The quantitative estimate of drug-likeness (QED) is 0.739. The van der Waals surface area contributed by atoms with Crippen LogP contribution in [-0.4, -0.2) is 19.1 Å². The van der Waals surface area contributed by atoms with Crippen molar-refractivity contribution >= 4 is 5.91 Å². The highest BCUT2D eigenvalue weighted by atomic mass is 19.2. The SMILES string of the molecule is O=C1CO[C@H](c2ccc(F)c(F)c2F)CN1. The van der Waals surface area contributed by atoms with Gasteiger partial charge in [0.15, 0.2) is 17.5 Å². The largest absolute Gasteiger partial charge is 0.362 e. The van der Waals surface area contributed by atoms with Gasteiger partial charge in [0.05, 0.1) is 0 Å². The summed E-state index contributed by atoms with van der Waals surface area (Å²) in [5.41, 5.74) is -0.0982. The molecule has 0 unspecified atom stereocenters. The van der Waals surface area contributed by atoms with Gasteiger partial charge in [0, 0.05) is 12.1 Å². The van der Waals surface area contributed by atoms with E-state index in [2.05, 4.69) is 5.32 Å². The standard InChI is InChI=1S/C10H8F3NO2/c11-6-2-1-5(9(12)10(6)13)7-3-14-8(15)4-16-7/h1-2,7H,3-4H2,(H,14,15)/t7-/m0/s1. The van der Waals surface area contributed by atoms with Crippen LogP contribution >= 0.6 is 0 Å². The van der Waals surface area contributed by atoms with E-state index in [1.54, 1.807) is 0 Å². The smallest absolute Gasteiger partial charge is 0.246 e. The van der Waals surface area contributed by atoms with Gasteiger partial charge >= 0.3 is 0 Å². The molecule has 6 heteroatoms. The maximum Gasteiger partial charge on any atom is 0.246 e. The van der Waals surface area contributed by atoms with Crippen molar-refractivity contribution in [3.63, 3.8) is 0 Å². The first kappa shape index (κ1) is 10.9. The van der Waals surface area contributed by atoms with Crippen LogP contribution in [0.15, 0.2) is 12.1 Å². The summed E-state index contributed by atoms with van der Waals surface area (Å²) < 4.78 is 43.9. The summed E-state index contributed by atoms with van der Waals surface area (Å²) in [4.78, 5) is 10.8. The normalized spacial score (nSPS) is 20.7. The fraction of sp³-hybridized carbons (Fsp3) is 0.300. The predicted molar refractivity (Wildman–Crippen MR) is 48.0 cm³/mol. The van der Waals surface area contributed by atoms with Crippen LogP contribution < -0.4 is 5.32 Å². The van der Waals surface area contributed by atoms with E-state index >= 15 is 0 Å². The van der Waals surface area contributed by atoms with Crippen LogP contribution in [0.1, 0.15) is 11.7 Å². The molecule has 0 aliphatic carbocycles. The van der Waals surface area contributed by atoms with Crippen LogP contribution in [0.5, 0.6) is 0 Å². The average molecular weight is 231 g/mol. The number of amides is 1. The lowest BCUT2D eigenvalue weighted by Gasteiger charge is -2.23. The zero-order chi connectivity index (χ0) is 11.7. The number of hydrogen-bond acceptors (Lipinski definition) is 2. The first-order valence-corrected chi connectivity index (χ1v) is 4.61. The van der Waals surface area contributed by atoms with Gasteiger partial charge in [-0.15, -0.1) is 0 Å². The first-order valence-electron chi connectivity index (χ1n) is 4.61. The van der Waals surface area contributed by atoms with E-state index in [0.717, 1.165) is 12.1 Å². The van der Waals surface area contributed by atoms with Crippen molar-refractivity contribution in [2.45, 2.75) is 6.10 Å². The molecule has 0 spiro atoms. The van der Waals surface area contributed by atoms with E-state index in [0.29, 0.717) is 0 Å². The Morgan fingerprint density at radius 2 is 2.00 bits per heavy atom. The third-order valence-electron chi connectivity index (χ3n) is 2.31. The second kappa shape index (κ2) is 4.13. The molecule has 1 aliphatic rings. The number of morpholine rings is 1. The number of nitrogens with one attached hydrogen (secondary N) is 1. The minimum absolute atomic E-state index is 0.0425. The molecule has 1 N–H and O–H groups in total. The van der Waals surface area contributed by atoms with E-state index in [-0.39, 0.29) is 24.6 Å². The van der Waals surface area contributed by atoms with Gasteiger partial charge in [-0.25, -0.2) is 13.2 Å². The molecule has 2 rings (SSSR count). The van der Waals surface area contributed by atoms with Crippen LogP contribution in [0.3, 0.4) is 0 Å². The van der Waals surface area contributed by atoms with E-state index in [1.807, 2.05) is 0 Å². The lowest BCUT2D eigenvalue weighted by molar-refractivity contribution is -0.133. The second-order valence-corrected chi connectivity index (χ2v) is 3.37. The number of ether oxygens (including phenoxy) is 1. The zero-order valence-electron chi connectivity index (χ0n) is 8.10. The molecule has 0 saturated carbocycles. The van der Waals surface area contributed by atoms with Crippen molar-refractivity contribution in [1.29, 1.82) is 0 Å². The second-order valence-electron chi connectivity index (χ2n) is 3.37. The van der Waals surface area contributed by atoms with Crippen LogP contribution in [0, 0.1) is 17.5 Å². The van der Waals surface area contributed by atoms with Gasteiger partial charge in [0.1, 0.15) is 12.7 Å². The van der Waals surface area contributed by atoms with Gasteiger partial charge in [0.2, 0.25) is 5.91 Å². The molecule has 1 amide bonds. The van der Waals surface area contributed by atoms with Crippen molar-refractivity contribution < 1.29 is 22.7 Å². The number of benzene rings is 1.